The highest BCUT2D eigenvalue weighted by Gasteiger charge is 2.08. The zero-order chi connectivity index (χ0) is 16.2. The maximum Gasteiger partial charge on any atom is 0.422 e. The van der Waals surface area contributed by atoms with Gasteiger partial charge in [0.25, 0.3) is 0 Å². The maximum atomic E-state index is 11.9. The van der Waals surface area contributed by atoms with Crippen LogP contribution >= 0.6 is 0 Å². The number of hydrogen-bond donors (Lipinski definition) is 0. The first kappa shape index (κ1) is 14.9. The van der Waals surface area contributed by atoms with E-state index in [1.807, 2.05) is 0 Å². The highest BCUT2D eigenvalue weighted by Crippen LogP contribution is 2.17. The van der Waals surface area contributed by atoms with E-state index in [4.69, 9.17) is 13.9 Å². The Balaban J connectivity index is 1.79. The largest absolute Gasteiger partial charge is 0.497 e. The Morgan fingerprint density at radius 3 is 2.43 bits per heavy atom. The number of ether oxygens (including phenoxy) is 2. The molecule has 6 heteroatoms. The van der Waals surface area contributed by atoms with Crippen LogP contribution in [0.25, 0.3) is 10.9 Å². The topological polar surface area (TPSA) is 70.7 Å². The van der Waals surface area contributed by atoms with Crippen molar-refractivity contribution in [1.82, 2.24) is 4.57 Å². The number of nitrogens with zero attached hydrogens (tertiary/aromatic N) is 1. The van der Waals surface area contributed by atoms with Crippen molar-refractivity contribution in [3.63, 3.8) is 0 Å². The summed E-state index contributed by atoms with van der Waals surface area (Å²) in [7, 11) is 1.59. The van der Waals surface area contributed by atoms with Crippen LogP contribution in [0.1, 0.15) is 0 Å². The summed E-state index contributed by atoms with van der Waals surface area (Å²) < 4.78 is 16.8. The molecule has 0 saturated carbocycles. The minimum atomic E-state index is -0.688. The van der Waals surface area contributed by atoms with Crippen molar-refractivity contribution in [3.05, 3.63) is 69.5 Å². The Kier molecular flexibility index (Phi) is 4.14. The second kappa shape index (κ2) is 6.39. The molecule has 3 rings (SSSR count). The van der Waals surface area contributed by atoms with E-state index in [0.717, 1.165) is 5.75 Å². The predicted molar refractivity (Wildman–Crippen MR) is 85.2 cm³/mol. The molecule has 3 aromatic rings. The molecular formula is C17H15NO5. The van der Waals surface area contributed by atoms with Gasteiger partial charge in [-0.05, 0) is 36.4 Å². The highest BCUT2D eigenvalue weighted by molar-refractivity contribution is 5.77. The van der Waals surface area contributed by atoms with Gasteiger partial charge in [-0.1, -0.05) is 12.1 Å². The molecule has 0 aliphatic rings. The molecule has 0 saturated heterocycles. The van der Waals surface area contributed by atoms with E-state index in [1.54, 1.807) is 55.6 Å². The highest BCUT2D eigenvalue weighted by atomic mass is 16.5. The Labute approximate surface area is 131 Å². The lowest BCUT2D eigenvalue weighted by atomic mass is 10.2. The van der Waals surface area contributed by atoms with Gasteiger partial charge in [-0.3, -0.25) is 4.57 Å². The van der Waals surface area contributed by atoms with E-state index in [9.17, 15) is 9.59 Å². The van der Waals surface area contributed by atoms with Crippen molar-refractivity contribution < 1.29 is 13.9 Å². The fourth-order valence-electron chi connectivity index (χ4n) is 2.31. The number of rotatable bonds is 5. The Hall–Kier alpha value is -3.02. The van der Waals surface area contributed by atoms with Crippen molar-refractivity contribution in [2.75, 3.05) is 13.7 Å². The van der Waals surface area contributed by atoms with Crippen LogP contribution in [0.15, 0.2) is 62.5 Å². The molecule has 0 fully saturated rings. The first-order valence-electron chi connectivity index (χ1n) is 7.08. The van der Waals surface area contributed by atoms with Crippen LogP contribution in [-0.4, -0.2) is 18.3 Å². The average Bonchev–Trinajstić information content (AvgIpc) is 2.58. The van der Waals surface area contributed by atoms with Crippen molar-refractivity contribution in [1.29, 1.82) is 0 Å². The number of hydrogen-bond acceptors (Lipinski definition) is 5. The fraction of sp³-hybridized carbons (Fsp3) is 0.176. The molecule has 0 atom stereocenters. The Bertz CT molecular complexity index is 924. The second-order valence-electron chi connectivity index (χ2n) is 4.85. The van der Waals surface area contributed by atoms with Crippen LogP contribution in [0, 0.1) is 0 Å². The van der Waals surface area contributed by atoms with Crippen LogP contribution in [0.2, 0.25) is 0 Å². The molecule has 0 spiro atoms. The lowest BCUT2D eigenvalue weighted by Gasteiger charge is -2.10. The lowest BCUT2D eigenvalue weighted by Crippen LogP contribution is -2.27. The standard InChI is InChI=1S/C17H15NO5/c1-21-12-6-8-13(9-7-12)22-11-10-18-15-5-3-2-4-14(15)16(19)23-17(18)20/h2-9H,10-11H2,1H3. The molecule has 0 N–H and O–H groups in total. The van der Waals surface area contributed by atoms with Crippen LogP contribution in [-0.2, 0) is 6.54 Å². The second-order valence-corrected chi connectivity index (χ2v) is 4.85. The quantitative estimate of drug-likeness (QED) is 0.721. The molecule has 0 aliphatic heterocycles. The number of methoxy groups -OCH3 is 1. The minimum absolute atomic E-state index is 0.268. The van der Waals surface area contributed by atoms with E-state index < -0.39 is 11.4 Å². The zero-order valence-electron chi connectivity index (χ0n) is 12.5. The third kappa shape index (κ3) is 3.11. The summed E-state index contributed by atoms with van der Waals surface area (Å²) in [5, 5.41) is 0.372. The molecule has 0 amide bonds. The predicted octanol–water partition coefficient (Wildman–Crippen LogP) is 2.04. The molecule has 6 nitrogen and oxygen atoms in total. The summed E-state index contributed by atoms with van der Waals surface area (Å²) >= 11 is 0. The number of benzene rings is 2. The van der Waals surface area contributed by atoms with Crippen LogP contribution in [0.3, 0.4) is 0 Å². The van der Waals surface area contributed by atoms with Crippen LogP contribution in [0.5, 0.6) is 11.5 Å². The van der Waals surface area contributed by atoms with Gasteiger partial charge >= 0.3 is 11.4 Å². The number of fused-ring (bicyclic) bond motifs is 1. The van der Waals surface area contributed by atoms with Crippen molar-refractivity contribution >= 4 is 10.9 Å². The van der Waals surface area contributed by atoms with Crippen LogP contribution in [0.4, 0.5) is 0 Å². The molecule has 2 aromatic carbocycles. The summed E-state index contributed by atoms with van der Waals surface area (Å²) in [5.74, 6) is 0.719. The van der Waals surface area contributed by atoms with Gasteiger partial charge in [0.1, 0.15) is 18.1 Å². The molecule has 0 bridgehead atoms. The fourth-order valence-corrected chi connectivity index (χ4v) is 2.31. The SMILES string of the molecule is COc1ccc(OCCn2c(=O)oc(=O)c3ccccc32)cc1. The number of aromatic nitrogens is 1. The van der Waals surface area contributed by atoms with Gasteiger partial charge in [-0.25, -0.2) is 9.59 Å². The van der Waals surface area contributed by atoms with Crippen molar-refractivity contribution in [2.45, 2.75) is 6.54 Å². The van der Waals surface area contributed by atoms with E-state index in [0.29, 0.717) is 16.7 Å². The monoisotopic (exact) mass is 313 g/mol. The smallest absolute Gasteiger partial charge is 0.422 e. The summed E-state index contributed by atoms with van der Waals surface area (Å²) in [6.07, 6.45) is 0. The molecule has 0 radical (unpaired) electrons. The van der Waals surface area contributed by atoms with Gasteiger partial charge in [0.05, 0.1) is 24.6 Å². The summed E-state index contributed by atoms with van der Waals surface area (Å²) in [6, 6.07) is 14.0. The Morgan fingerprint density at radius 2 is 1.70 bits per heavy atom. The van der Waals surface area contributed by atoms with Gasteiger partial charge in [-0.15, -0.1) is 0 Å². The number of para-hydroxylation sites is 1. The average molecular weight is 313 g/mol. The zero-order valence-corrected chi connectivity index (χ0v) is 12.5. The first-order valence-corrected chi connectivity index (χ1v) is 7.08. The summed E-state index contributed by atoms with van der Waals surface area (Å²) in [5.41, 5.74) is -0.0926. The molecular weight excluding hydrogens is 298 g/mol. The van der Waals surface area contributed by atoms with Gasteiger partial charge in [0.15, 0.2) is 0 Å². The molecule has 118 valence electrons. The van der Waals surface area contributed by atoms with Crippen LogP contribution < -0.4 is 20.9 Å². The van der Waals surface area contributed by atoms with E-state index in [-0.39, 0.29) is 13.2 Å². The first-order chi connectivity index (χ1) is 11.2. The molecule has 23 heavy (non-hydrogen) atoms. The third-order valence-electron chi connectivity index (χ3n) is 3.46. The van der Waals surface area contributed by atoms with Gasteiger partial charge in [-0.2, -0.15) is 0 Å². The molecule has 0 unspecified atom stereocenters. The minimum Gasteiger partial charge on any atom is -0.497 e. The van der Waals surface area contributed by atoms with Gasteiger partial charge in [0, 0.05) is 0 Å². The molecule has 1 aromatic heterocycles. The van der Waals surface area contributed by atoms with E-state index in [1.165, 1.54) is 4.57 Å². The summed E-state index contributed by atoms with van der Waals surface area (Å²) in [4.78, 5) is 23.6. The van der Waals surface area contributed by atoms with E-state index >= 15 is 0 Å². The van der Waals surface area contributed by atoms with Crippen molar-refractivity contribution in [2.24, 2.45) is 0 Å². The Morgan fingerprint density at radius 1 is 1.00 bits per heavy atom. The third-order valence-corrected chi connectivity index (χ3v) is 3.46. The maximum absolute atomic E-state index is 11.9. The van der Waals surface area contributed by atoms with Crippen molar-refractivity contribution in [3.8, 4) is 11.5 Å². The molecule has 0 aliphatic carbocycles. The summed E-state index contributed by atoms with van der Waals surface area (Å²) in [6.45, 7) is 0.541. The molecule has 1 heterocycles. The lowest BCUT2D eigenvalue weighted by molar-refractivity contribution is 0.287. The van der Waals surface area contributed by atoms with E-state index in [2.05, 4.69) is 0 Å². The normalized spacial score (nSPS) is 10.7. The van der Waals surface area contributed by atoms with Gasteiger partial charge in [0.2, 0.25) is 0 Å². The van der Waals surface area contributed by atoms with Gasteiger partial charge < -0.3 is 13.9 Å².